The molecule has 2 aromatic rings. The monoisotopic (exact) mass is 486 g/mol. The predicted molar refractivity (Wildman–Crippen MR) is 137 cm³/mol. The van der Waals surface area contributed by atoms with Gasteiger partial charge in [-0.1, -0.05) is 25.1 Å². The SMILES string of the molecule is C.Cc1ccc2c(c1)CCN2C(=O)C1=CC(=O)CC(N2CCC3(CC2)OC(=O)Nc2ncccc23)=C1. The summed E-state index contributed by atoms with van der Waals surface area (Å²) < 4.78 is 5.79. The molecule has 0 radical (unpaired) electrons. The molecule has 186 valence electrons. The van der Waals surface area contributed by atoms with Gasteiger partial charge in [-0.2, -0.15) is 0 Å². The lowest BCUT2D eigenvalue weighted by Gasteiger charge is -2.45. The summed E-state index contributed by atoms with van der Waals surface area (Å²) in [6.45, 7) is 3.87. The van der Waals surface area contributed by atoms with Gasteiger partial charge < -0.3 is 14.5 Å². The Balaban J connectivity index is 0.00000267. The minimum absolute atomic E-state index is 0. The van der Waals surface area contributed by atoms with Gasteiger partial charge in [0.05, 0.1) is 6.42 Å². The molecule has 4 aliphatic rings. The number of ketones is 1. The van der Waals surface area contributed by atoms with Crippen LogP contribution in [0.3, 0.4) is 0 Å². The first kappa shape index (κ1) is 23.8. The molecule has 6 rings (SSSR count). The molecule has 1 aromatic carbocycles. The summed E-state index contributed by atoms with van der Waals surface area (Å²) in [5.74, 6) is 0.331. The second-order valence-corrected chi connectivity index (χ2v) is 9.61. The number of carbonyl (C=O) groups excluding carboxylic acids is 3. The number of fused-ring (bicyclic) bond motifs is 3. The first-order chi connectivity index (χ1) is 16.9. The molecule has 0 unspecified atom stereocenters. The van der Waals surface area contributed by atoms with Gasteiger partial charge in [-0.15, -0.1) is 0 Å². The number of benzene rings is 1. The first-order valence-electron chi connectivity index (χ1n) is 12.0. The summed E-state index contributed by atoms with van der Waals surface area (Å²) in [7, 11) is 0. The zero-order valence-electron chi connectivity index (χ0n) is 19.5. The Hall–Kier alpha value is -3.94. The van der Waals surface area contributed by atoms with Crippen LogP contribution in [0, 0.1) is 6.92 Å². The predicted octanol–water partition coefficient (Wildman–Crippen LogP) is 4.25. The summed E-state index contributed by atoms with van der Waals surface area (Å²) in [6.07, 6.45) is 6.73. The number of allylic oxidation sites excluding steroid dienone is 2. The fraction of sp³-hybridized carbons (Fsp3) is 0.357. The van der Waals surface area contributed by atoms with Crippen molar-refractivity contribution < 1.29 is 19.1 Å². The van der Waals surface area contributed by atoms with Crippen LogP contribution in [0.5, 0.6) is 0 Å². The smallest absolute Gasteiger partial charge is 0.413 e. The number of piperidine rings is 1. The molecule has 3 aliphatic heterocycles. The number of hydrogen-bond donors (Lipinski definition) is 1. The average molecular weight is 487 g/mol. The number of amides is 2. The van der Waals surface area contributed by atoms with Crippen LogP contribution in [0.4, 0.5) is 16.3 Å². The van der Waals surface area contributed by atoms with Crippen LogP contribution >= 0.6 is 0 Å². The number of aromatic nitrogens is 1. The van der Waals surface area contributed by atoms with Crippen LogP contribution in [0.25, 0.3) is 0 Å². The Morgan fingerprint density at radius 3 is 2.72 bits per heavy atom. The molecule has 1 saturated heterocycles. The quantitative estimate of drug-likeness (QED) is 0.682. The molecular weight excluding hydrogens is 456 g/mol. The Labute approximate surface area is 210 Å². The molecular formula is C28H30N4O4. The maximum atomic E-state index is 13.4. The summed E-state index contributed by atoms with van der Waals surface area (Å²) in [5, 5.41) is 2.68. The van der Waals surface area contributed by atoms with E-state index in [0.29, 0.717) is 43.9 Å². The molecule has 0 bridgehead atoms. The molecule has 8 nitrogen and oxygen atoms in total. The number of aryl methyl sites for hydroxylation is 1. The zero-order chi connectivity index (χ0) is 24.2. The molecule has 1 spiro atoms. The van der Waals surface area contributed by atoms with Crippen molar-refractivity contribution in [2.24, 2.45) is 0 Å². The number of hydrogen-bond acceptors (Lipinski definition) is 6. The third-order valence-electron chi connectivity index (χ3n) is 7.40. The molecule has 0 atom stereocenters. The Morgan fingerprint density at radius 2 is 1.92 bits per heavy atom. The highest BCUT2D eigenvalue weighted by atomic mass is 16.6. The number of carbonyl (C=O) groups is 3. The van der Waals surface area contributed by atoms with Gasteiger partial charge in [-0.25, -0.2) is 9.78 Å². The van der Waals surface area contributed by atoms with Crippen LogP contribution in [0.2, 0.25) is 0 Å². The van der Waals surface area contributed by atoms with E-state index in [9.17, 15) is 14.4 Å². The van der Waals surface area contributed by atoms with E-state index in [1.165, 1.54) is 11.6 Å². The summed E-state index contributed by atoms with van der Waals surface area (Å²) >= 11 is 0. The fourth-order valence-corrected chi connectivity index (χ4v) is 5.65. The highest BCUT2D eigenvalue weighted by Gasteiger charge is 2.45. The number of nitrogens with one attached hydrogen (secondary N) is 1. The molecule has 4 heterocycles. The normalized spacial score (nSPS) is 19.9. The lowest BCUT2D eigenvalue weighted by Crippen LogP contribution is -2.48. The van der Waals surface area contributed by atoms with Gasteiger partial charge in [0.25, 0.3) is 5.91 Å². The third kappa shape index (κ3) is 3.96. The second kappa shape index (κ2) is 8.93. The largest absolute Gasteiger partial charge is 0.437 e. The standard InChI is InChI=1S/C27H26N4O4.CH4/c1-17-4-5-23-18(13-17)6-10-31(23)25(33)19-14-20(16-21(32)15-19)30-11-7-27(8-12-30)22-3-2-9-28-24(22)29-26(34)35-27;/h2-5,9,13-15H,6-8,10-12,16H2,1H3,(H,28,29,34);1H4. The molecule has 36 heavy (non-hydrogen) atoms. The number of ether oxygens (including phenoxy) is 1. The van der Waals surface area contributed by atoms with Crippen LogP contribution in [-0.2, 0) is 26.3 Å². The molecule has 1 aliphatic carbocycles. The van der Waals surface area contributed by atoms with E-state index in [-0.39, 0.29) is 25.5 Å². The minimum atomic E-state index is -0.729. The van der Waals surface area contributed by atoms with Crippen molar-refractivity contribution in [3.63, 3.8) is 0 Å². The molecule has 1 fully saturated rings. The van der Waals surface area contributed by atoms with Crippen molar-refractivity contribution in [1.29, 1.82) is 0 Å². The second-order valence-electron chi connectivity index (χ2n) is 9.61. The number of likely N-dealkylation sites (tertiary alicyclic amines) is 1. The third-order valence-corrected chi connectivity index (χ3v) is 7.40. The van der Waals surface area contributed by atoms with Crippen molar-refractivity contribution in [2.75, 3.05) is 29.9 Å². The Kier molecular flexibility index (Phi) is 5.90. The Bertz CT molecular complexity index is 1320. The molecule has 2 amide bonds. The Morgan fingerprint density at radius 1 is 1.11 bits per heavy atom. The number of pyridine rings is 1. The average Bonchev–Trinajstić information content (AvgIpc) is 3.26. The van der Waals surface area contributed by atoms with E-state index in [1.807, 2.05) is 37.3 Å². The van der Waals surface area contributed by atoms with Crippen molar-refractivity contribution in [3.05, 3.63) is 76.6 Å². The van der Waals surface area contributed by atoms with Crippen molar-refractivity contribution in [3.8, 4) is 0 Å². The van der Waals surface area contributed by atoms with Crippen molar-refractivity contribution >= 4 is 29.3 Å². The van der Waals surface area contributed by atoms with Gasteiger partial charge in [-0.3, -0.25) is 14.9 Å². The summed E-state index contributed by atoms with van der Waals surface area (Å²) in [6, 6.07) is 9.90. The number of nitrogens with zero attached hydrogens (tertiary/aromatic N) is 3. The highest BCUT2D eigenvalue weighted by molar-refractivity contribution is 6.13. The molecule has 8 heteroatoms. The van der Waals surface area contributed by atoms with Crippen LogP contribution < -0.4 is 10.2 Å². The van der Waals surface area contributed by atoms with Gasteiger partial charge in [0.2, 0.25) is 0 Å². The van der Waals surface area contributed by atoms with Crippen molar-refractivity contribution in [1.82, 2.24) is 9.88 Å². The maximum Gasteiger partial charge on any atom is 0.413 e. The van der Waals surface area contributed by atoms with Crippen LogP contribution in [0.15, 0.2) is 60.0 Å². The molecule has 1 N–H and O–H groups in total. The minimum Gasteiger partial charge on any atom is -0.437 e. The van der Waals surface area contributed by atoms with E-state index in [1.54, 1.807) is 11.1 Å². The molecule has 0 saturated carbocycles. The van der Waals surface area contributed by atoms with Crippen LogP contribution in [-0.4, -0.2) is 47.3 Å². The summed E-state index contributed by atoms with van der Waals surface area (Å²) in [4.78, 5) is 46.4. The van der Waals surface area contributed by atoms with E-state index >= 15 is 0 Å². The lowest BCUT2D eigenvalue weighted by atomic mass is 9.83. The fourth-order valence-electron chi connectivity index (χ4n) is 5.65. The van der Waals surface area contributed by atoms with Crippen LogP contribution in [0.1, 0.15) is 43.4 Å². The van der Waals surface area contributed by atoms with Gasteiger partial charge in [0.15, 0.2) is 5.78 Å². The van der Waals surface area contributed by atoms with Gasteiger partial charge >= 0.3 is 6.09 Å². The molecule has 1 aromatic heterocycles. The van der Waals surface area contributed by atoms with E-state index in [2.05, 4.69) is 21.3 Å². The number of rotatable bonds is 2. The van der Waals surface area contributed by atoms with E-state index in [4.69, 9.17) is 4.74 Å². The lowest BCUT2D eigenvalue weighted by molar-refractivity contribution is -0.117. The zero-order valence-corrected chi connectivity index (χ0v) is 19.5. The van der Waals surface area contributed by atoms with Gasteiger partial charge in [0, 0.05) is 61.2 Å². The summed E-state index contributed by atoms with van der Waals surface area (Å²) in [5.41, 5.74) is 4.68. The van der Waals surface area contributed by atoms with Crippen molar-refractivity contribution in [2.45, 2.75) is 45.6 Å². The highest BCUT2D eigenvalue weighted by Crippen LogP contribution is 2.43. The number of anilines is 2. The van der Waals surface area contributed by atoms with Gasteiger partial charge in [0.1, 0.15) is 11.4 Å². The first-order valence-corrected chi connectivity index (χ1v) is 12.0. The maximum absolute atomic E-state index is 13.4. The van der Waals surface area contributed by atoms with E-state index < -0.39 is 11.7 Å². The van der Waals surface area contributed by atoms with E-state index in [0.717, 1.165) is 28.9 Å². The topological polar surface area (TPSA) is 91.8 Å². The van der Waals surface area contributed by atoms with Gasteiger partial charge in [-0.05, 0) is 49.3 Å².